The fourth-order valence-corrected chi connectivity index (χ4v) is 11.8. The summed E-state index contributed by atoms with van der Waals surface area (Å²) in [4.78, 5) is 87.6. The van der Waals surface area contributed by atoms with Crippen LogP contribution in [0.15, 0.2) is 59.9 Å². The zero-order chi connectivity index (χ0) is 58.8. The van der Waals surface area contributed by atoms with Gasteiger partial charge in [0.1, 0.15) is 24.0 Å². The second-order valence-electron chi connectivity index (χ2n) is 22.8. The number of methoxy groups -OCH3 is 3. The number of carbonyl (C=O) groups excluding carboxylic acids is 6. The van der Waals surface area contributed by atoms with Crippen molar-refractivity contribution in [3.8, 4) is 0 Å². The number of rotatable bonds is 12. The number of aliphatic hydroxyl groups excluding tert-OH is 3. The molecular weight excluding hydrogens is 1040 g/mol. The van der Waals surface area contributed by atoms with Gasteiger partial charge in [0, 0.05) is 58.5 Å². The number of carbonyl (C=O) groups is 6. The van der Waals surface area contributed by atoms with Crippen LogP contribution in [0.2, 0.25) is 0 Å². The van der Waals surface area contributed by atoms with Crippen LogP contribution < -0.4 is 0 Å². The molecule has 450 valence electrons. The Morgan fingerprint density at radius 2 is 1.59 bits per heavy atom. The lowest BCUT2D eigenvalue weighted by atomic mass is 9.78. The molecule has 0 aromatic heterocycles. The summed E-state index contributed by atoms with van der Waals surface area (Å²) >= 11 is 0. The Bertz CT molecular complexity index is 2230. The predicted octanol–water partition coefficient (Wildman–Crippen LogP) is 5.99. The monoisotopic (exact) mass is 1130 g/mol. The summed E-state index contributed by atoms with van der Waals surface area (Å²) < 4.78 is 52.7. The van der Waals surface area contributed by atoms with Crippen molar-refractivity contribution in [2.75, 3.05) is 47.7 Å². The molecule has 1 aliphatic carbocycles. The van der Waals surface area contributed by atoms with E-state index in [2.05, 4.69) is 0 Å². The first-order valence-corrected chi connectivity index (χ1v) is 28.6. The predicted molar refractivity (Wildman–Crippen MR) is 292 cm³/mol. The number of Topliss-reactive ketones (excluding diaryl/α,β-unsaturated/α-hetero) is 3. The van der Waals surface area contributed by atoms with Crippen LogP contribution in [-0.4, -0.2) is 181 Å². The molecule has 0 aromatic carbocycles. The molecule has 0 radical (unpaired) electrons. The van der Waals surface area contributed by atoms with Crippen LogP contribution in [0.25, 0.3) is 0 Å². The minimum atomic E-state index is -2.48. The number of amides is 1. The summed E-state index contributed by atoms with van der Waals surface area (Å²) in [5.41, 5.74) is 1.08. The van der Waals surface area contributed by atoms with E-state index < -0.39 is 121 Å². The molecule has 4 aliphatic heterocycles. The van der Waals surface area contributed by atoms with E-state index in [-0.39, 0.29) is 74.4 Å². The Morgan fingerprint density at radius 3 is 2.27 bits per heavy atom. The summed E-state index contributed by atoms with van der Waals surface area (Å²) in [6, 6.07) is -1.22. The lowest BCUT2D eigenvalue weighted by Gasteiger charge is -2.42. The fraction of sp³-hybridized carbons (Fsp3) is 0.733. The number of ether oxygens (including phenoxy) is 9. The first-order valence-electron chi connectivity index (χ1n) is 28.6. The van der Waals surface area contributed by atoms with Gasteiger partial charge >= 0.3 is 12.1 Å². The van der Waals surface area contributed by atoms with E-state index in [9.17, 15) is 49.2 Å². The van der Waals surface area contributed by atoms with Crippen LogP contribution in [0.1, 0.15) is 126 Å². The number of nitrogens with zero attached hydrogens (tertiary/aromatic N) is 1. The smallest absolute Gasteiger partial charge is 0.492 e. The van der Waals surface area contributed by atoms with Crippen molar-refractivity contribution in [1.82, 2.24) is 4.90 Å². The summed E-state index contributed by atoms with van der Waals surface area (Å²) in [5, 5.41) is 42.1. The molecule has 20 nitrogen and oxygen atoms in total. The first kappa shape index (κ1) is 66.2. The highest BCUT2D eigenvalue weighted by molar-refractivity contribution is 6.39. The van der Waals surface area contributed by atoms with Gasteiger partial charge in [0.15, 0.2) is 30.2 Å². The third-order valence-electron chi connectivity index (χ3n) is 16.7. The van der Waals surface area contributed by atoms with E-state index in [1.54, 1.807) is 48.0 Å². The number of esters is 1. The molecule has 2 saturated heterocycles. The van der Waals surface area contributed by atoms with Crippen molar-refractivity contribution >= 4 is 35.4 Å². The van der Waals surface area contributed by atoms with Gasteiger partial charge in [-0.2, -0.15) is 0 Å². The average Bonchev–Trinajstić information content (AvgIpc) is 3.54. The molecule has 2 unspecified atom stereocenters. The molecule has 80 heavy (non-hydrogen) atoms. The van der Waals surface area contributed by atoms with Gasteiger partial charge in [0.25, 0.3) is 11.7 Å². The highest BCUT2D eigenvalue weighted by atomic mass is 16.7. The van der Waals surface area contributed by atoms with Crippen molar-refractivity contribution in [1.29, 1.82) is 0 Å². The van der Waals surface area contributed by atoms with Crippen molar-refractivity contribution in [2.45, 2.75) is 198 Å². The normalized spacial score (nSPS) is 38.6. The van der Waals surface area contributed by atoms with Crippen molar-refractivity contribution in [3.63, 3.8) is 0 Å². The highest BCUT2D eigenvalue weighted by Gasteiger charge is 2.53. The third kappa shape index (κ3) is 17.7. The van der Waals surface area contributed by atoms with E-state index >= 15 is 0 Å². The Morgan fingerprint density at radius 1 is 0.838 bits per heavy atom. The van der Waals surface area contributed by atoms with Crippen LogP contribution in [0.4, 0.5) is 4.79 Å². The van der Waals surface area contributed by atoms with Crippen LogP contribution in [-0.2, 0) is 66.6 Å². The van der Waals surface area contributed by atoms with Gasteiger partial charge in [-0.15, -0.1) is 0 Å². The van der Waals surface area contributed by atoms with E-state index in [1.165, 1.54) is 19.4 Å². The van der Waals surface area contributed by atoms with Gasteiger partial charge in [-0.05, 0) is 113 Å². The number of aliphatic hydroxyl groups is 4. The minimum Gasteiger partial charge on any atom is -0.492 e. The second-order valence-corrected chi connectivity index (χ2v) is 22.8. The van der Waals surface area contributed by atoms with Crippen LogP contribution in [0, 0.1) is 35.5 Å². The lowest BCUT2D eigenvalue weighted by Crippen LogP contribution is -2.61. The molecular formula is C60H91NO19. The Balaban J connectivity index is 1.54. The molecule has 0 spiro atoms. The molecule has 4 N–H and O–H groups in total. The topological polar surface area (TPSA) is 270 Å². The molecule has 4 heterocycles. The molecule has 5 aliphatic rings. The van der Waals surface area contributed by atoms with Crippen LogP contribution in [0.5, 0.6) is 0 Å². The van der Waals surface area contributed by atoms with Gasteiger partial charge in [0.2, 0.25) is 5.79 Å². The number of allylic oxidation sites excluding steroid dienone is 6. The highest BCUT2D eigenvalue weighted by Crippen LogP contribution is 2.38. The summed E-state index contributed by atoms with van der Waals surface area (Å²) in [6.45, 7) is 11.8. The maximum Gasteiger partial charge on any atom is 0.509 e. The van der Waals surface area contributed by atoms with E-state index in [0.717, 1.165) is 16.9 Å². The van der Waals surface area contributed by atoms with Gasteiger partial charge in [0.05, 0.1) is 50.5 Å². The summed E-state index contributed by atoms with van der Waals surface area (Å²) in [6.07, 6.45) is 7.45. The van der Waals surface area contributed by atoms with Crippen molar-refractivity contribution < 1.29 is 91.8 Å². The zero-order valence-corrected chi connectivity index (χ0v) is 48.6. The van der Waals surface area contributed by atoms with Crippen molar-refractivity contribution in [3.05, 3.63) is 59.9 Å². The first-order chi connectivity index (χ1) is 38.1. The fourth-order valence-electron chi connectivity index (χ4n) is 11.8. The summed E-state index contributed by atoms with van der Waals surface area (Å²) in [5.74, 6) is -9.17. The zero-order valence-electron chi connectivity index (χ0n) is 48.6. The standard InChI is InChI=1S/C60H91NO19/c1-35-16-12-11-13-17-36(2)48(72-8)32-43-21-19-41(7)60(71,80-43)56(67)57(68)61-24-15-14-18-44(61)58(69)77-49(38(4)30-42-20-22-47(76-27-25-62)50(31-42)73-9)33-46(65)37(3)29-40(6)53(55(74-10)52(66)39(5)28-35)78-59(70)79-54-45(64)23-26-75-51(54)34-63/h11-13,16-17,23,26,29,35,37-39,41-45,47-51,53-55,62-64,71H,14-15,18-22,24-25,27-28,30-34H2,1-10H3/b13-11+,16-12-,36-17+,40-29+/t35-,37-,38-,39-,41-,42?,43+,44?,45-,47-,48+,49+,50-,51-,53-,54+,55+,60-/m1/s1. The van der Waals surface area contributed by atoms with Crippen molar-refractivity contribution in [2.24, 2.45) is 35.5 Å². The van der Waals surface area contributed by atoms with Gasteiger partial charge in [-0.3, -0.25) is 19.2 Å². The maximum absolute atomic E-state index is 14.7. The van der Waals surface area contributed by atoms with Gasteiger partial charge in [-0.25, -0.2) is 9.59 Å². The van der Waals surface area contributed by atoms with E-state index in [0.29, 0.717) is 51.4 Å². The Kier molecular flexibility index (Phi) is 26.2. The molecule has 20 heteroatoms. The summed E-state index contributed by atoms with van der Waals surface area (Å²) in [7, 11) is 4.46. The molecule has 5 rings (SSSR count). The second kappa shape index (κ2) is 31.7. The Hall–Kier alpha value is -4.64. The number of ketones is 3. The van der Waals surface area contributed by atoms with E-state index in [1.807, 2.05) is 51.2 Å². The van der Waals surface area contributed by atoms with E-state index in [4.69, 9.17) is 42.6 Å². The number of fused-ring (bicyclic) bond motifs is 3. The van der Waals surface area contributed by atoms with Crippen LogP contribution in [0.3, 0.4) is 0 Å². The number of hydrogen-bond donors (Lipinski definition) is 4. The van der Waals surface area contributed by atoms with Crippen LogP contribution >= 0.6 is 0 Å². The molecule has 1 amide bonds. The minimum absolute atomic E-state index is 0.0322. The number of cyclic esters (lactones) is 1. The quantitative estimate of drug-likeness (QED) is 0.0992. The van der Waals surface area contributed by atoms with Gasteiger partial charge in [-0.1, -0.05) is 71.1 Å². The lowest BCUT2D eigenvalue weighted by molar-refractivity contribution is -0.265. The molecule has 18 atom stereocenters. The molecule has 0 aromatic rings. The molecule has 2 bridgehead atoms. The Labute approximate surface area is 472 Å². The maximum atomic E-state index is 14.7. The average molecular weight is 1130 g/mol. The SMILES string of the molecule is CO[C@H]1C[C@@H]2CC[C@@H](C)[C@@](O)(O2)C(=O)C(=O)N2CCCCC2C(=O)O[C@H]([C@H](C)CC2CC[C@@H](OCCO)[C@H](OC)C2)CC(=O)[C@H](C)/C=C(\C)[C@@H](OC(=O)O[C@H]2[C@H](O)C=CO[C@@H]2CO)[C@@H](OC)C(=O)[C@H](C)C[C@H](C)\C=C/C=C/C=C/1C. The number of piperidine rings is 1. The molecule has 3 fully saturated rings. The third-order valence-corrected chi connectivity index (χ3v) is 16.7. The van der Waals surface area contributed by atoms with Gasteiger partial charge < -0.3 is 68.0 Å². The number of hydrogen-bond acceptors (Lipinski definition) is 19. The largest absolute Gasteiger partial charge is 0.509 e. The molecule has 1 saturated carbocycles.